The van der Waals surface area contributed by atoms with E-state index < -0.39 is 0 Å². The van der Waals surface area contributed by atoms with E-state index in [-0.39, 0.29) is 0 Å². The third-order valence-electron chi connectivity index (χ3n) is 2.88. The second kappa shape index (κ2) is 5.12. The Morgan fingerprint density at radius 3 is 3.00 bits per heavy atom. The molecule has 0 amide bonds. The molecule has 1 atom stereocenters. The van der Waals surface area contributed by atoms with Crippen molar-refractivity contribution < 1.29 is 4.79 Å². The zero-order valence-corrected chi connectivity index (χ0v) is 9.41. The monoisotopic (exact) mass is 218 g/mol. The van der Waals surface area contributed by atoms with Crippen LogP contribution >= 0.6 is 0 Å². The summed E-state index contributed by atoms with van der Waals surface area (Å²) in [5, 5.41) is 3.14. The van der Waals surface area contributed by atoms with Crippen molar-refractivity contribution >= 4 is 5.78 Å². The molecular formula is C13H18N2O. The second-order valence-corrected chi connectivity index (χ2v) is 4.40. The van der Waals surface area contributed by atoms with Crippen LogP contribution in [0.15, 0.2) is 35.6 Å². The Kier molecular flexibility index (Phi) is 3.57. The summed E-state index contributed by atoms with van der Waals surface area (Å²) in [5.41, 5.74) is 7.71. The molecule has 3 nitrogen and oxygen atoms in total. The lowest BCUT2D eigenvalue weighted by Gasteiger charge is -2.00. The molecule has 1 fully saturated rings. The highest BCUT2D eigenvalue weighted by Crippen LogP contribution is 2.15. The van der Waals surface area contributed by atoms with Gasteiger partial charge in [-0.3, -0.25) is 4.79 Å². The Hall–Kier alpha value is -1.35. The normalized spacial score (nSPS) is 23.4. The molecule has 0 radical (unpaired) electrons. The number of nitrogens with two attached hydrogens (primary N) is 1. The minimum absolute atomic E-state index is 0.356. The van der Waals surface area contributed by atoms with E-state index in [9.17, 15) is 4.79 Å². The van der Waals surface area contributed by atoms with Crippen LogP contribution in [0.4, 0.5) is 0 Å². The fourth-order valence-electron chi connectivity index (χ4n) is 1.76. The first-order valence-corrected chi connectivity index (χ1v) is 5.82. The number of carbonyl (C=O) groups is 1. The molecule has 0 aromatic heterocycles. The van der Waals surface area contributed by atoms with Crippen LogP contribution in [-0.4, -0.2) is 18.4 Å². The molecule has 1 saturated heterocycles. The zero-order chi connectivity index (χ0) is 11.4. The van der Waals surface area contributed by atoms with E-state index in [2.05, 4.69) is 11.4 Å². The van der Waals surface area contributed by atoms with Gasteiger partial charge in [0, 0.05) is 31.1 Å². The molecule has 3 heteroatoms. The topological polar surface area (TPSA) is 65.0 Å². The molecule has 1 unspecified atom stereocenters. The molecule has 1 heterocycles. The Bertz CT molecular complexity index is 362. The molecule has 0 bridgehead atoms. The molecular weight excluding hydrogens is 200 g/mol. The fourth-order valence-corrected chi connectivity index (χ4v) is 1.76. The van der Waals surface area contributed by atoms with Gasteiger partial charge in [-0.25, -0.2) is 0 Å². The minimum Gasteiger partial charge on any atom is -0.399 e. The van der Waals surface area contributed by atoms with Crippen molar-refractivity contribution in [2.75, 3.05) is 6.54 Å². The standard InChI is InChI=1S/C13H18N2O/c14-11-3-1-2-10(4-6-11)5-7-13(16)8-12-9-15-12/h2-4,6,12,15H,1,5,7-9,14H2. The van der Waals surface area contributed by atoms with E-state index in [1.807, 2.05) is 18.2 Å². The molecule has 3 N–H and O–H groups in total. The maximum Gasteiger partial charge on any atom is 0.134 e. The van der Waals surface area contributed by atoms with Crippen LogP contribution in [0.25, 0.3) is 0 Å². The van der Waals surface area contributed by atoms with Crippen LogP contribution in [0.2, 0.25) is 0 Å². The van der Waals surface area contributed by atoms with Gasteiger partial charge in [-0.05, 0) is 18.9 Å². The number of nitrogens with one attached hydrogen (secondary N) is 1. The van der Waals surface area contributed by atoms with Gasteiger partial charge in [0.1, 0.15) is 5.78 Å². The zero-order valence-electron chi connectivity index (χ0n) is 9.41. The molecule has 1 aliphatic heterocycles. The summed E-state index contributed by atoms with van der Waals surface area (Å²) < 4.78 is 0. The number of carbonyl (C=O) groups excluding carboxylic acids is 1. The van der Waals surface area contributed by atoms with Gasteiger partial charge in [-0.15, -0.1) is 0 Å². The number of ketones is 1. The lowest BCUT2D eigenvalue weighted by Crippen LogP contribution is -2.04. The summed E-state index contributed by atoms with van der Waals surface area (Å²) in [6.07, 6.45) is 11.1. The van der Waals surface area contributed by atoms with Gasteiger partial charge < -0.3 is 11.1 Å². The lowest BCUT2D eigenvalue weighted by molar-refractivity contribution is -0.119. The molecule has 0 aromatic carbocycles. The van der Waals surface area contributed by atoms with Crippen molar-refractivity contribution in [3.05, 3.63) is 35.6 Å². The predicted molar refractivity (Wildman–Crippen MR) is 64.8 cm³/mol. The van der Waals surface area contributed by atoms with E-state index in [1.54, 1.807) is 0 Å². The Morgan fingerprint density at radius 1 is 1.44 bits per heavy atom. The minimum atomic E-state index is 0.356. The summed E-state index contributed by atoms with van der Waals surface area (Å²) in [5.74, 6) is 0.356. The van der Waals surface area contributed by atoms with Gasteiger partial charge in [0.25, 0.3) is 0 Å². The molecule has 1 aliphatic carbocycles. The maximum absolute atomic E-state index is 11.6. The quantitative estimate of drug-likeness (QED) is 0.686. The average Bonchev–Trinajstić information content (AvgIpc) is 3.05. The number of allylic oxidation sites excluding steroid dienone is 5. The summed E-state index contributed by atoms with van der Waals surface area (Å²) in [6, 6.07) is 0.462. The summed E-state index contributed by atoms with van der Waals surface area (Å²) >= 11 is 0. The van der Waals surface area contributed by atoms with Crippen molar-refractivity contribution in [2.24, 2.45) is 5.73 Å². The van der Waals surface area contributed by atoms with Gasteiger partial charge >= 0.3 is 0 Å². The van der Waals surface area contributed by atoms with E-state index in [0.717, 1.165) is 25.1 Å². The summed E-state index contributed by atoms with van der Waals surface area (Å²) in [6.45, 7) is 1.01. The van der Waals surface area contributed by atoms with Crippen molar-refractivity contribution in [3.8, 4) is 0 Å². The first kappa shape index (κ1) is 11.1. The van der Waals surface area contributed by atoms with Crippen LogP contribution in [0, 0.1) is 0 Å². The fraction of sp³-hybridized carbons (Fsp3) is 0.462. The molecule has 2 aliphatic rings. The molecule has 0 saturated carbocycles. The second-order valence-electron chi connectivity index (χ2n) is 4.40. The van der Waals surface area contributed by atoms with Crippen LogP contribution in [0.3, 0.4) is 0 Å². The summed E-state index contributed by atoms with van der Waals surface area (Å²) in [7, 11) is 0. The Labute approximate surface area is 96.1 Å². The molecule has 86 valence electrons. The van der Waals surface area contributed by atoms with Crippen LogP contribution in [0.1, 0.15) is 25.7 Å². The highest BCUT2D eigenvalue weighted by Gasteiger charge is 2.22. The highest BCUT2D eigenvalue weighted by atomic mass is 16.1. The van der Waals surface area contributed by atoms with Crippen LogP contribution in [0.5, 0.6) is 0 Å². The predicted octanol–water partition coefficient (Wildman–Crippen LogP) is 1.43. The third kappa shape index (κ3) is 3.66. The lowest BCUT2D eigenvalue weighted by atomic mass is 10.0. The van der Waals surface area contributed by atoms with Gasteiger partial charge in [0.2, 0.25) is 0 Å². The van der Waals surface area contributed by atoms with Crippen molar-refractivity contribution in [1.82, 2.24) is 5.32 Å². The van der Waals surface area contributed by atoms with Crippen molar-refractivity contribution in [2.45, 2.75) is 31.7 Å². The van der Waals surface area contributed by atoms with Crippen molar-refractivity contribution in [1.29, 1.82) is 0 Å². The van der Waals surface area contributed by atoms with Gasteiger partial charge in [0.15, 0.2) is 0 Å². The van der Waals surface area contributed by atoms with E-state index in [1.165, 1.54) is 5.57 Å². The molecule has 2 rings (SSSR count). The summed E-state index contributed by atoms with van der Waals surface area (Å²) in [4.78, 5) is 11.6. The first-order chi connectivity index (χ1) is 7.74. The Morgan fingerprint density at radius 2 is 2.25 bits per heavy atom. The number of hydrogen-bond acceptors (Lipinski definition) is 3. The molecule has 0 aromatic rings. The SMILES string of the molecule is NC1=CCC=C(CCC(=O)CC2CN2)C=C1. The molecule has 16 heavy (non-hydrogen) atoms. The Balaban J connectivity index is 1.75. The highest BCUT2D eigenvalue weighted by molar-refractivity contribution is 5.79. The van der Waals surface area contributed by atoms with E-state index >= 15 is 0 Å². The average molecular weight is 218 g/mol. The van der Waals surface area contributed by atoms with Gasteiger partial charge in [-0.2, -0.15) is 0 Å². The maximum atomic E-state index is 11.6. The van der Waals surface area contributed by atoms with Crippen molar-refractivity contribution in [3.63, 3.8) is 0 Å². The number of Topliss-reactive ketones (excluding diaryl/α,β-unsaturated/α-hetero) is 1. The van der Waals surface area contributed by atoms with Crippen LogP contribution in [-0.2, 0) is 4.79 Å². The number of rotatable bonds is 5. The van der Waals surface area contributed by atoms with Gasteiger partial charge in [-0.1, -0.05) is 23.8 Å². The number of hydrogen-bond donors (Lipinski definition) is 2. The van der Waals surface area contributed by atoms with Gasteiger partial charge in [0.05, 0.1) is 0 Å². The van der Waals surface area contributed by atoms with E-state index in [4.69, 9.17) is 5.73 Å². The van der Waals surface area contributed by atoms with E-state index in [0.29, 0.717) is 24.7 Å². The largest absolute Gasteiger partial charge is 0.399 e. The smallest absolute Gasteiger partial charge is 0.134 e. The first-order valence-electron chi connectivity index (χ1n) is 5.82. The third-order valence-corrected chi connectivity index (χ3v) is 2.88. The molecule has 0 spiro atoms. The van der Waals surface area contributed by atoms with Crippen LogP contribution < -0.4 is 11.1 Å².